The summed E-state index contributed by atoms with van der Waals surface area (Å²) in [6.07, 6.45) is 3.93. The van der Waals surface area contributed by atoms with E-state index in [1.807, 2.05) is 0 Å². The SMILES string of the molecule is CCCN1CCCCC1C(=O)Nc1cccc(S(=O)(=O)Nc2ccccc2Cl)c1. The lowest BCUT2D eigenvalue weighted by molar-refractivity contribution is -0.122. The first-order valence-electron chi connectivity index (χ1n) is 9.83. The number of piperidine rings is 1. The van der Waals surface area contributed by atoms with Crippen LogP contribution in [0.15, 0.2) is 53.4 Å². The minimum absolute atomic E-state index is 0.0595. The first-order valence-corrected chi connectivity index (χ1v) is 11.7. The lowest BCUT2D eigenvalue weighted by Crippen LogP contribution is -2.47. The van der Waals surface area contributed by atoms with Gasteiger partial charge in [0.25, 0.3) is 10.0 Å². The van der Waals surface area contributed by atoms with Gasteiger partial charge in [-0.3, -0.25) is 14.4 Å². The van der Waals surface area contributed by atoms with Crippen molar-refractivity contribution in [1.82, 2.24) is 4.90 Å². The zero-order valence-corrected chi connectivity index (χ0v) is 18.0. The van der Waals surface area contributed by atoms with Gasteiger partial charge in [0.2, 0.25) is 5.91 Å². The molecule has 3 rings (SSSR count). The number of hydrogen-bond acceptors (Lipinski definition) is 4. The van der Waals surface area contributed by atoms with Gasteiger partial charge in [-0.1, -0.05) is 43.1 Å². The quantitative estimate of drug-likeness (QED) is 0.677. The average molecular weight is 436 g/mol. The van der Waals surface area contributed by atoms with Crippen molar-refractivity contribution < 1.29 is 13.2 Å². The molecule has 0 spiro atoms. The van der Waals surface area contributed by atoms with Crippen molar-refractivity contribution >= 4 is 38.9 Å². The van der Waals surface area contributed by atoms with E-state index in [0.29, 0.717) is 16.4 Å². The predicted molar refractivity (Wildman–Crippen MR) is 117 cm³/mol. The Morgan fingerprint density at radius 3 is 2.72 bits per heavy atom. The fourth-order valence-electron chi connectivity index (χ4n) is 3.56. The highest BCUT2D eigenvalue weighted by atomic mass is 35.5. The third-order valence-electron chi connectivity index (χ3n) is 4.96. The summed E-state index contributed by atoms with van der Waals surface area (Å²) in [6, 6.07) is 12.7. The molecule has 8 heteroatoms. The number of nitrogens with one attached hydrogen (secondary N) is 2. The Balaban J connectivity index is 1.75. The number of sulfonamides is 1. The zero-order chi connectivity index (χ0) is 20.9. The van der Waals surface area contributed by atoms with Crippen LogP contribution < -0.4 is 10.0 Å². The van der Waals surface area contributed by atoms with E-state index in [1.54, 1.807) is 36.4 Å². The summed E-state index contributed by atoms with van der Waals surface area (Å²) in [5, 5.41) is 3.20. The summed E-state index contributed by atoms with van der Waals surface area (Å²) in [5.74, 6) is -0.0910. The smallest absolute Gasteiger partial charge is 0.262 e. The van der Waals surface area contributed by atoms with Gasteiger partial charge in [-0.25, -0.2) is 8.42 Å². The van der Waals surface area contributed by atoms with Crippen molar-refractivity contribution in [3.8, 4) is 0 Å². The van der Waals surface area contributed by atoms with Crippen LogP contribution in [0.5, 0.6) is 0 Å². The van der Waals surface area contributed by atoms with Gasteiger partial charge in [-0.2, -0.15) is 0 Å². The van der Waals surface area contributed by atoms with Crippen LogP contribution in [-0.4, -0.2) is 38.4 Å². The maximum atomic E-state index is 12.8. The first kappa shape index (κ1) is 21.6. The van der Waals surface area contributed by atoms with Crippen LogP contribution in [0.1, 0.15) is 32.6 Å². The van der Waals surface area contributed by atoms with Crippen LogP contribution in [0.3, 0.4) is 0 Å². The number of benzene rings is 2. The largest absolute Gasteiger partial charge is 0.325 e. The number of amides is 1. The van der Waals surface area contributed by atoms with Crippen LogP contribution in [0.4, 0.5) is 11.4 Å². The molecule has 0 aromatic heterocycles. The van der Waals surface area contributed by atoms with E-state index < -0.39 is 10.0 Å². The first-order chi connectivity index (χ1) is 13.9. The Kier molecular flexibility index (Phi) is 7.16. The number of halogens is 1. The van der Waals surface area contributed by atoms with E-state index in [1.165, 1.54) is 12.1 Å². The van der Waals surface area contributed by atoms with Crippen molar-refractivity contribution in [2.24, 2.45) is 0 Å². The van der Waals surface area contributed by atoms with E-state index in [4.69, 9.17) is 11.6 Å². The van der Waals surface area contributed by atoms with Gasteiger partial charge in [-0.05, 0) is 62.7 Å². The topological polar surface area (TPSA) is 78.5 Å². The van der Waals surface area contributed by atoms with E-state index in [2.05, 4.69) is 21.9 Å². The minimum atomic E-state index is -3.83. The molecule has 1 saturated heterocycles. The van der Waals surface area contributed by atoms with Crippen LogP contribution in [0.2, 0.25) is 5.02 Å². The highest BCUT2D eigenvalue weighted by Gasteiger charge is 2.28. The molecule has 1 amide bonds. The molecule has 1 unspecified atom stereocenters. The van der Waals surface area contributed by atoms with Gasteiger partial charge in [0.05, 0.1) is 21.6 Å². The van der Waals surface area contributed by atoms with Crippen molar-refractivity contribution in [3.63, 3.8) is 0 Å². The summed E-state index contributed by atoms with van der Waals surface area (Å²) in [4.78, 5) is 15.1. The number of carbonyl (C=O) groups is 1. The maximum absolute atomic E-state index is 12.8. The molecule has 0 bridgehead atoms. The zero-order valence-electron chi connectivity index (χ0n) is 16.4. The summed E-state index contributed by atoms with van der Waals surface area (Å²) in [6.45, 7) is 3.90. The molecule has 2 aromatic carbocycles. The Hall–Kier alpha value is -2.09. The number of anilines is 2. The normalized spacial score (nSPS) is 17.7. The molecule has 6 nitrogen and oxygen atoms in total. The van der Waals surface area contributed by atoms with Gasteiger partial charge < -0.3 is 5.32 Å². The lowest BCUT2D eigenvalue weighted by Gasteiger charge is -2.34. The van der Waals surface area contributed by atoms with Gasteiger partial charge in [0.1, 0.15) is 0 Å². The molecule has 29 heavy (non-hydrogen) atoms. The molecule has 0 saturated carbocycles. The third-order valence-corrected chi connectivity index (χ3v) is 6.65. The van der Waals surface area contributed by atoms with E-state index >= 15 is 0 Å². The number of likely N-dealkylation sites (tertiary alicyclic amines) is 1. The Bertz CT molecular complexity index is 963. The number of hydrogen-bond donors (Lipinski definition) is 2. The van der Waals surface area contributed by atoms with Gasteiger partial charge in [-0.15, -0.1) is 0 Å². The average Bonchev–Trinajstić information content (AvgIpc) is 2.70. The van der Waals surface area contributed by atoms with E-state index in [9.17, 15) is 13.2 Å². The molecule has 156 valence electrons. The van der Waals surface area contributed by atoms with Crippen LogP contribution >= 0.6 is 11.6 Å². The van der Waals surface area contributed by atoms with Gasteiger partial charge in [0.15, 0.2) is 0 Å². The second-order valence-electron chi connectivity index (χ2n) is 7.15. The Morgan fingerprint density at radius 1 is 1.17 bits per heavy atom. The molecule has 0 radical (unpaired) electrons. The fraction of sp³-hybridized carbons (Fsp3) is 0.381. The highest BCUT2D eigenvalue weighted by Crippen LogP contribution is 2.25. The van der Waals surface area contributed by atoms with Crippen molar-refractivity contribution in [2.45, 2.75) is 43.5 Å². The van der Waals surface area contributed by atoms with Crippen molar-refractivity contribution in [1.29, 1.82) is 0 Å². The molecular weight excluding hydrogens is 410 g/mol. The molecule has 1 aliphatic heterocycles. The van der Waals surface area contributed by atoms with Gasteiger partial charge >= 0.3 is 0 Å². The number of nitrogens with zero attached hydrogens (tertiary/aromatic N) is 1. The summed E-state index contributed by atoms with van der Waals surface area (Å²) in [5.41, 5.74) is 0.764. The molecule has 1 atom stereocenters. The minimum Gasteiger partial charge on any atom is -0.325 e. The second kappa shape index (κ2) is 9.61. The van der Waals surface area contributed by atoms with Crippen LogP contribution in [0, 0.1) is 0 Å². The fourth-order valence-corrected chi connectivity index (χ4v) is 4.92. The van der Waals surface area contributed by atoms with Crippen LogP contribution in [-0.2, 0) is 14.8 Å². The number of para-hydroxylation sites is 1. The van der Waals surface area contributed by atoms with Crippen molar-refractivity contribution in [2.75, 3.05) is 23.1 Å². The lowest BCUT2D eigenvalue weighted by atomic mass is 10.0. The van der Waals surface area contributed by atoms with E-state index in [-0.39, 0.29) is 16.8 Å². The number of rotatable bonds is 7. The molecule has 2 aromatic rings. The van der Waals surface area contributed by atoms with Crippen LogP contribution in [0.25, 0.3) is 0 Å². The third kappa shape index (κ3) is 5.50. The number of carbonyl (C=O) groups excluding carboxylic acids is 1. The highest BCUT2D eigenvalue weighted by molar-refractivity contribution is 7.92. The summed E-state index contributed by atoms with van der Waals surface area (Å²) >= 11 is 6.05. The van der Waals surface area contributed by atoms with E-state index in [0.717, 1.165) is 38.8 Å². The maximum Gasteiger partial charge on any atom is 0.262 e. The summed E-state index contributed by atoms with van der Waals surface area (Å²) in [7, 11) is -3.83. The molecular formula is C21H26ClN3O3S. The predicted octanol–water partition coefficient (Wildman–Crippen LogP) is 4.34. The Morgan fingerprint density at radius 2 is 1.97 bits per heavy atom. The second-order valence-corrected chi connectivity index (χ2v) is 9.24. The van der Waals surface area contributed by atoms with Gasteiger partial charge in [0, 0.05) is 5.69 Å². The van der Waals surface area contributed by atoms with Crippen molar-refractivity contribution in [3.05, 3.63) is 53.6 Å². The molecule has 2 N–H and O–H groups in total. The standard InChI is InChI=1S/C21H26ClN3O3S/c1-2-13-25-14-6-5-12-20(25)21(26)23-16-8-7-9-17(15-16)29(27,28)24-19-11-4-3-10-18(19)22/h3-4,7-11,15,20,24H,2,5-6,12-14H2,1H3,(H,23,26). The molecule has 1 fully saturated rings. The summed E-state index contributed by atoms with van der Waals surface area (Å²) < 4.78 is 28.0. The monoisotopic (exact) mass is 435 g/mol. The molecule has 1 aliphatic rings. The molecule has 1 heterocycles. The molecule has 0 aliphatic carbocycles. The Labute approximate surface area is 177 Å².